The third kappa shape index (κ3) is 2.75. The third-order valence-electron chi connectivity index (χ3n) is 2.84. The van der Waals surface area contributed by atoms with E-state index in [0.29, 0.717) is 23.3 Å². The van der Waals surface area contributed by atoms with E-state index in [2.05, 4.69) is 0 Å². The number of halogens is 1. The van der Waals surface area contributed by atoms with Crippen LogP contribution in [-0.4, -0.2) is 18.2 Å². The molecular formula is C13H17FO3. The van der Waals surface area contributed by atoms with Crippen molar-refractivity contribution in [2.75, 3.05) is 7.11 Å². The maximum Gasteiger partial charge on any atom is 0.309 e. The van der Waals surface area contributed by atoms with E-state index < -0.39 is 11.4 Å². The number of methoxy groups -OCH3 is 1. The molecule has 0 amide bonds. The summed E-state index contributed by atoms with van der Waals surface area (Å²) in [5.41, 5.74) is 0.211. The standard InChI is InChI=1S/C13H17FO3/c1-8-10(14)6-5-9(11(8)17-4)7-13(2,3)12(15)16/h5-6H,7H2,1-4H3,(H,15,16). The molecule has 0 spiro atoms. The van der Waals surface area contributed by atoms with E-state index in [-0.39, 0.29) is 5.82 Å². The van der Waals surface area contributed by atoms with Gasteiger partial charge in [-0.25, -0.2) is 4.39 Å². The maximum atomic E-state index is 13.3. The van der Waals surface area contributed by atoms with Gasteiger partial charge in [-0.2, -0.15) is 0 Å². The summed E-state index contributed by atoms with van der Waals surface area (Å²) in [7, 11) is 1.46. The molecule has 0 atom stereocenters. The van der Waals surface area contributed by atoms with Crippen LogP contribution in [0.5, 0.6) is 5.75 Å². The summed E-state index contributed by atoms with van der Waals surface area (Å²) in [5, 5.41) is 9.08. The second kappa shape index (κ2) is 4.73. The molecule has 1 aromatic carbocycles. The molecule has 3 nitrogen and oxygen atoms in total. The zero-order chi connectivity index (χ0) is 13.2. The summed E-state index contributed by atoms with van der Waals surface area (Å²) in [4.78, 5) is 11.1. The van der Waals surface area contributed by atoms with Crippen molar-refractivity contribution < 1.29 is 19.0 Å². The van der Waals surface area contributed by atoms with Crippen LogP contribution in [0.3, 0.4) is 0 Å². The first-order valence-corrected chi connectivity index (χ1v) is 5.35. The largest absolute Gasteiger partial charge is 0.496 e. The molecule has 0 fully saturated rings. The zero-order valence-corrected chi connectivity index (χ0v) is 10.5. The molecule has 4 heteroatoms. The number of hydrogen-bond donors (Lipinski definition) is 1. The molecule has 0 aliphatic rings. The first-order chi connectivity index (χ1) is 7.79. The summed E-state index contributed by atoms with van der Waals surface area (Å²) in [5.74, 6) is -0.806. The Morgan fingerprint density at radius 1 is 1.47 bits per heavy atom. The average Bonchev–Trinajstić information content (AvgIpc) is 2.23. The zero-order valence-electron chi connectivity index (χ0n) is 10.5. The smallest absolute Gasteiger partial charge is 0.309 e. The lowest BCUT2D eigenvalue weighted by Gasteiger charge is -2.21. The van der Waals surface area contributed by atoms with Crippen molar-refractivity contribution in [3.63, 3.8) is 0 Å². The van der Waals surface area contributed by atoms with Crippen LogP contribution >= 0.6 is 0 Å². The van der Waals surface area contributed by atoms with Crippen molar-refractivity contribution in [3.8, 4) is 5.75 Å². The Hall–Kier alpha value is -1.58. The molecule has 1 rings (SSSR count). The molecule has 0 aliphatic carbocycles. The van der Waals surface area contributed by atoms with Crippen molar-refractivity contribution in [2.24, 2.45) is 5.41 Å². The number of hydrogen-bond acceptors (Lipinski definition) is 2. The van der Waals surface area contributed by atoms with Crippen LogP contribution in [0.1, 0.15) is 25.0 Å². The molecule has 0 aromatic heterocycles. The normalized spacial score (nSPS) is 11.4. The Balaban J connectivity index is 3.16. The van der Waals surface area contributed by atoms with Gasteiger partial charge in [-0.05, 0) is 38.8 Å². The van der Waals surface area contributed by atoms with Crippen LogP contribution in [0, 0.1) is 18.2 Å². The highest BCUT2D eigenvalue weighted by Crippen LogP contribution is 2.31. The predicted molar refractivity (Wildman–Crippen MR) is 62.8 cm³/mol. The van der Waals surface area contributed by atoms with E-state index in [1.807, 2.05) is 0 Å². The summed E-state index contributed by atoms with van der Waals surface area (Å²) >= 11 is 0. The van der Waals surface area contributed by atoms with Crippen LogP contribution in [0.15, 0.2) is 12.1 Å². The minimum Gasteiger partial charge on any atom is -0.496 e. The maximum absolute atomic E-state index is 13.3. The molecule has 0 saturated carbocycles. The molecule has 17 heavy (non-hydrogen) atoms. The molecular weight excluding hydrogens is 223 g/mol. The Morgan fingerprint density at radius 3 is 2.53 bits per heavy atom. The van der Waals surface area contributed by atoms with Crippen LogP contribution in [0.25, 0.3) is 0 Å². The lowest BCUT2D eigenvalue weighted by molar-refractivity contribution is -0.146. The average molecular weight is 240 g/mol. The number of carbonyl (C=O) groups is 1. The van der Waals surface area contributed by atoms with Gasteiger partial charge in [0.05, 0.1) is 12.5 Å². The fourth-order valence-corrected chi connectivity index (χ4v) is 1.70. The third-order valence-corrected chi connectivity index (χ3v) is 2.84. The van der Waals surface area contributed by atoms with Gasteiger partial charge in [0.15, 0.2) is 0 Å². The van der Waals surface area contributed by atoms with E-state index >= 15 is 0 Å². The quantitative estimate of drug-likeness (QED) is 0.880. The van der Waals surface area contributed by atoms with Crippen LogP contribution in [0.4, 0.5) is 4.39 Å². The topological polar surface area (TPSA) is 46.5 Å². The highest BCUT2D eigenvalue weighted by Gasteiger charge is 2.29. The van der Waals surface area contributed by atoms with Gasteiger partial charge >= 0.3 is 5.97 Å². The summed E-state index contributed by atoms with van der Waals surface area (Å²) < 4.78 is 18.5. The van der Waals surface area contributed by atoms with E-state index in [9.17, 15) is 9.18 Å². The fourth-order valence-electron chi connectivity index (χ4n) is 1.70. The number of ether oxygens (including phenoxy) is 1. The first-order valence-electron chi connectivity index (χ1n) is 5.35. The van der Waals surface area contributed by atoms with Crippen molar-refractivity contribution in [3.05, 3.63) is 29.1 Å². The molecule has 0 aliphatic heterocycles. The summed E-state index contributed by atoms with van der Waals surface area (Å²) in [6.45, 7) is 4.88. The number of carboxylic acids is 1. The Bertz CT molecular complexity index is 439. The van der Waals surface area contributed by atoms with Crippen LogP contribution < -0.4 is 4.74 Å². The summed E-state index contributed by atoms with van der Waals surface area (Å²) in [6.07, 6.45) is 0.298. The number of carboxylic acid groups (broad SMARTS) is 1. The minimum atomic E-state index is -0.905. The Kier molecular flexibility index (Phi) is 3.76. The molecule has 0 saturated heterocycles. The molecule has 94 valence electrons. The van der Waals surface area contributed by atoms with Crippen LogP contribution in [-0.2, 0) is 11.2 Å². The number of rotatable bonds is 4. The minimum absolute atomic E-state index is 0.298. The van der Waals surface area contributed by atoms with Gasteiger partial charge in [-0.3, -0.25) is 4.79 Å². The molecule has 0 heterocycles. The van der Waals surface area contributed by atoms with Gasteiger partial charge in [0.25, 0.3) is 0 Å². The SMILES string of the molecule is COc1c(CC(C)(C)C(=O)O)ccc(F)c1C. The van der Waals surface area contributed by atoms with E-state index in [0.717, 1.165) is 0 Å². The first kappa shape index (κ1) is 13.5. The van der Waals surface area contributed by atoms with E-state index in [4.69, 9.17) is 9.84 Å². The lowest BCUT2D eigenvalue weighted by Crippen LogP contribution is -2.26. The van der Waals surface area contributed by atoms with Crippen molar-refractivity contribution in [1.29, 1.82) is 0 Å². The molecule has 1 aromatic rings. The van der Waals surface area contributed by atoms with E-state index in [1.165, 1.54) is 13.2 Å². The lowest BCUT2D eigenvalue weighted by atomic mass is 9.85. The van der Waals surface area contributed by atoms with Gasteiger partial charge in [0.1, 0.15) is 11.6 Å². The predicted octanol–water partition coefficient (Wildman–Crippen LogP) is 2.80. The Labute approximate surface area is 100 Å². The molecule has 1 N–H and O–H groups in total. The Morgan fingerprint density at radius 2 is 2.06 bits per heavy atom. The van der Waals surface area contributed by atoms with Crippen molar-refractivity contribution in [1.82, 2.24) is 0 Å². The second-order valence-corrected chi connectivity index (χ2v) is 4.73. The number of benzene rings is 1. The molecule has 0 radical (unpaired) electrons. The van der Waals surface area contributed by atoms with Crippen LogP contribution in [0.2, 0.25) is 0 Å². The van der Waals surface area contributed by atoms with Gasteiger partial charge in [-0.15, -0.1) is 0 Å². The van der Waals surface area contributed by atoms with Gasteiger partial charge in [0.2, 0.25) is 0 Å². The second-order valence-electron chi connectivity index (χ2n) is 4.73. The number of aliphatic carboxylic acids is 1. The monoisotopic (exact) mass is 240 g/mol. The van der Waals surface area contributed by atoms with Gasteiger partial charge in [0, 0.05) is 5.56 Å². The van der Waals surface area contributed by atoms with Gasteiger partial charge in [-0.1, -0.05) is 6.07 Å². The highest BCUT2D eigenvalue weighted by molar-refractivity contribution is 5.74. The van der Waals surface area contributed by atoms with Gasteiger partial charge < -0.3 is 9.84 Å². The fraction of sp³-hybridized carbons (Fsp3) is 0.462. The van der Waals surface area contributed by atoms with Crippen molar-refractivity contribution >= 4 is 5.97 Å². The van der Waals surface area contributed by atoms with E-state index in [1.54, 1.807) is 26.8 Å². The molecule has 0 bridgehead atoms. The molecule has 0 unspecified atom stereocenters. The highest BCUT2D eigenvalue weighted by atomic mass is 19.1. The summed E-state index contributed by atoms with van der Waals surface area (Å²) in [6, 6.07) is 2.91. The van der Waals surface area contributed by atoms with Crippen molar-refractivity contribution in [2.45, 2.75) is 27.2 Å².